The van der Waals surface area contributed by atoms with Crippen LogP contribution in [0.2, 0.25) is 5.02 Å². The molecule has 0 aromatic heterocycles. The highest BCUT2D eigenvalue weighted by molar-refractivity contribution is 6.33. The summed E-state index contributed by atoms with van der Waals surface area (Å²) in [4.78, 5) is 27.4. The summed E-state index contributed by atoms with van der Waals surface area (Å²) in [6, 6.07) is 13.4. The van der Waals surface area contributed by atoms with E-state index in [9.17, 15) is 14.0 Å². The number of hydrogen-bond donors (Lipinski definition) is 2. The van der Waals surface area contributed by atoms with Crippen LogP contribution in [0.4, 0.5) is 10.1 Å². The average molecular weight is 430 g/mol. The monoisotopic (exact) mass is 429 g/mol. The molecule has 7 heteroatoms. The summed E-state index contributed by atoms with van der Waals surface area (Å²) < 4.78 is 13.1. The number of hydrogen-bond acceptors (Lipinski definition) is 3. The molecule has 2 atom stereocenters. The molecule has 2 aliphatic heterocycles. The molecule has 2 fully saturated rings. The van der Waals surface area contributed by atoms with Crippen LogP contribution < -0.4 is 10.6 Å². The number of fused-ring (bicyclic) bond motifs is 2. The van der Waals surface area contributed by atoms with Crippen LogP contribution in [-0.2, 0) is 4.79 Å². The van der Waals surface area contributed by atoms with Crippen LogP contribution in [0.3, 0.4) is 0 Å². The van der Waals surface area contributed by atoms with Crippen LogP contribution in [-0.4, -0.2) is 41.4 Å². The Hall–Kier alpha value is -2.44. The number of benzene rings is 2. The first-order valence-corrected chi connectivity index (χ1v) is 10.7. The number of halogens is 2. The summed E-state index contributed by atoms with van der Waals surface area (Å²) in [5.41, 5.74) is 1.08. The Morgan fingerprint density at radius 3 is 2.37 bits per heavy atom. The van der Waals surface area contributed by atoms with Gasteiger partial charge in [-0.25, -0.2) is 4.39 Å². The van der Waals surface area contributed by atoms with Gasteiger partial charge in [-0.05, 0) is 62.1 Å². The molecule has 5 nitrogen and oxygen atoms in total. The summed E-state index contributed by atoms with van der Waals surface area (Å²) in [7, 11) is 0. The molecule has 30 heavy (non-hydrogen) atoms. The molecule has 2 bridgehead atoms. The molecular weight excluding hydrogens is 405 g/mol. The van der Waals surface area contributed by atoms with Crippen molar-refractivity contribution < 1.29 is 14.0 Å². The van der Waals surface area contributed by atoms with E-state index in [4.69, 9.17) is 11.6 Å². The summed E-state index contributed by atoms with van der Waals surface area (Å²) in [5, 5.41) is 6.52. The van der Waals surface area contributed by atoms with Gasteiger partial charge >= 0.3 is 0 Å². The normalized spacial score (nSPS) is 23.6. The van der Waals surface area contributed by atoms with Crippen LogP contribution in [0.1, 0.15) is 42.5 Å². The SMILES string of the molecule is O=C(CN1C2CCCC1CC(NC(=O)c1ccc(F)cc1)C2)Nc1ccccc1Cl. The average Bonchev–Trinajstić information content (AvgIpc) is 2.71. The molecule has 2 saturated heterocycles. The quantitative estimate of drug-likeness (QED) is 0.747. The highest BCUT2D eigenvalue weighted by Gasteiger charge is 2.39. The first-order chi connectivity index (χ1) is 14.5. The molecule has 2 unspecified atom stereocenters. The molecule has 0 radical (unpaired) electrons. The standard InChI is InChI=1S/C23H25ClFN3O2/c24-20-6-1-2-7-21(20)27-22(29)14-28-18-4-3-5-19(28)13-17(12-18)26-23(30)15-8-10-16(25)11-9-15/h1-2,6-11,17-19H,3-5,12-14H2,(H,26,30)(H,27,29). The van der Waals surface area contributed by atoms with Crippen molar-refractivity contribution in [3.05, 3.63) is 64.9 Å². The van der Waals surface area contributed by atoms with Crippen molar-refractivity contribution in [2.75, 3.05) is 11.9 Å². The molecule has 158 valence electrons. The Morgan fingerprint density at radius 1 is 1.03 bits per heavy atom. The van der Waals surface area contributed by atoms with Crippen LogP contribution in [0.25, 0.3) is 0 Å². The molecule has 2 amide bonds. The largest absolute Gasteiger partial charge is 0.349 e. The second-order valence-electron chi connectivity index (χ2n) is 8.09. The molecule has 4 rings (SSSR count). The highest BCUT2D eigenvalue weighted by atomic mass is 35.5. The lowest BCUT2D eigenvalue weighted by Gasteiger charge is -2.48. The van der Waals surface area contributed by atoms with Crippen molar-refractivity contribution in [3.8, 4) is 0 Å². The number of para-hydroxylation sites is 1. The number of rotatable bonds is 5. The fourth-order valence-corrected chi connectivity index (χ4v) is 4.83. The van der Waals surface area contributed by atoms with E-state index in [0.717, 1.165) is 32.1 Å². The van der Waals surface area contributed by atoms with E-state index in [1.807, 2.05) is 12.1 Å². The molecule has 2 heterocycles. The summed E-state index contributed by atoms with van der Waals surface area (Å²) in [5.74, 6) is -0.610. The minimum atomic E-state index is -0.357. The molecule has 0 spiro atoms. The second kappa shape index (κ2) is 9.14. The third-order valence-electron chi connectivity index (χ3n) is 6.04. The van der Waals surface area contributed by atoms with Crippen molar-refractivity contribution >= 4 is 29.1 Å². The van der Waals surface area contributed by atoms with Crippen LogP contribution >= 0.6 is 11.6 Å². The van der Waals surface area contributed by atoms with Crippen molar-refractivity contribution in [1.82, 2.24) is 10.2 Å². The van der Waals surface area contributed by atoms with E-state index in [1.54, 1.807) is 12.1 Å². The Morgan fingerprint density at radius 2 is 1.70 bits per heavy atom. The first-order valence-electron chi connectivity index (χ1n) is 10.4. The van der Waals surface area contributed by atoms with E-state index < -0.39 is 0 Å². The Kier molecular flexibility index (Phi) is 6.35. The summed E-state index contributed by atoms with van der Waals surface area (Å²) in [6.07, 6.45) is 4.78. The molecular formula is C23H25ClFN3O2. The zero-order chi connectivity index (χ0) is 21.1. The zero-order valence-electron chi connectivity index (χ0n) is 16.6. The summed E-state index contributed by atoms with van der Waals surface area (Å²) >= 11 is 6.14. The highest BCUT2D eigenvalue weighted by Crippen LogP contribution is 2.34. The Balaban J connectivity index is 1.36. The van der Waals surface area contributed by atoms with Gasteiger partial charge in [-0.1, -0.05) is 30.2 Å². The van der Waals surface area contributed by atoms with Crippen molar-refractivity contribution in [1.29, 1.82) is 0 Å². The maximum atomic E-state index is 13.1. The van der Waals surface area contributed by atoms with Gasteiger partial charge in [-0.15, -0.1) is 0 Å². The predicted octanol–water partition coefficient (Wildman–Crippen LogP) is 4.23. The third-order valence-corrected chi connectivity index (χ3v) is 6.37. The maximum Gasteiger partial charge on any atom is 0.251 e. The van der Waals surface area contributed by atoms with Crippen LogP contribution in [0.15, 0.2) is 48.5 Å². The zero-order valence-corrected chi connectivity index (χ0v) is 17.4. The number of nitrogens with one attached hydrogen (secondary N) is 2. The van der Waals surface area contributed by atoms with Crippen LogP contribution in [0.5, 0.6) is 0 Å². The van der Waals surface area contributed by atoms with Gasteiger partial charge < -0.3 is 10.6 Å². The summed E-state index contributed by atoms with van der Waals surface area (Å²) in [6.45, 7) is 0.319. The van der Waals surface area contributed by atoms with E-state index >= 15 is 0 Å². The number of carbonyl (C=O) groups is 2. The first kappa shape index (κ1) is 20.8. The topological polar surface area (TPSA) is 61.4 Å². The smallest absolute Gasteiger partial charge is 0.251 e. The van der Waals surface area contributed by atoms with E-state index in [-0.39, 0.29) is 35.8 Å². The van der Waals surface area contributed by atoms with Crippen molar-refractivity contribution in [2.45, 2.75) is 50.2 Å². The molecule has 0 saturated carbocycles. The number of nitrogens with zero attached hydrogens (tertiary/aromatic N) is 1. The number of anilines is 1. The van der Waals surface area contributed by atoms with E-state index in [1.165, 1.54) is 24.3 Å². The molecule has 0 aliphatic carbocycles. The second-order valence-corrected chi connectivity index (χ2v) is 8.49. The Bertz CT molecular complexity index is 907. The van der Waals surface area contributed by atoms with Gasteiger partial charge in [0.1, 0.15) is 5.82 Å². The minimum absolute atomic E-state index is 0.0562. The lowest BCUT2D eigenvalue weighted by molar-refractivity contribution is -0.120. The molecule has 2 aromatic rings. The van der Waals surface area contributed by atoms with Gasteiger partial charge in [0, 0.05) is 23.7 Å². The van der Waals surface area contributed by atoms with Gasteiger partial charge in [0.2, 0.25) is 5.91 Å². The van der Waals surface area contributed by atoms with Gasteiger partial charge in [-0.3, -0.25) is 14.5 Å². The lowest BCUT2D eigenvalue weighted by Crippen LogP contribution is -2.58. The fraction of sp³-hybridized carbons (Fsp3) is 0.391. The van der Waals surface area contributed by atoms with Gasteiger partial charge in [-0.2, -0.15) is 0 Å². The number of piperidine rings is 2. The van der Waals surface area contributed by atoms with E-state index in [2.05, 4.69) is 15.5 Å². The molecule has 2 N–H and O–H groups in total. The third kappa shape index (κ3) is 4.82. The van der Waals surface area contributed by atoms with Gasteiger partial charge in [0.25, 0.3) is 5.91 Å². The van der Waals surface area contributed by atoms with Gasteiger partial charge in [0.15, 0.2) is 0 Å². The minimum Gasteiger partial charge on any atom is -0.349 e. The predicted molar refractivity (Wildman–Crippen MR) is 115 cm³/mol. The van der Waals surface area contributed by atoms with Crippen molar-refractivity contribution in [2.24, 2.45) is 0 Å². The molecule has 2 aliphatic rings. The Labute approximate surface area is 180 Å². The van der Waals surface area contributed by atoms with Gasteiger partial charge in [0.05, 0.1) is 17.3 Å². The van der Waals surface area contributed by atoms with E-state index in [0.29, 0.717) is 22.8 Å². The fourth-order valence-electron chi connectivity index (χ4n) is 4.64. The van der Waals surface area contributed by atoms with Crippen LogP contribution in [0, 0.1) is 5.82 Å². The number of amides is 2. The molecule has 2 aromatic carbocycles. The van der Waals surface area contributed by atoms with Crippen molar-refractivity contribution in [3.63, 3.8) is 0 Å². The maximum absolute atomic E-state index is 13.1. The number of carbonyl (C=O) groups excluding carboxylic acids is 2. The lowest BCUT2D eigenvalue weighted by atomic mass is 9.81.